The number of aromatic nitrogens is 2. The van der Waals surface area contributed by atoms with Gasteiger partial charge in [-0.15, -0.1) is 0 Å². The second-order valence-corrected chi connectivity index (χ2v) is 4.83. The summed E-state index contributed by atoms with van der Waals surface area (Å²) in [5.74, 6) is 7.63. The van der Waals surface area contributed by atoms with E-state index in [-0.39, 0.29) is 11.9 Å². The molecule has 0 aliphatic heterocycles. The lowest BCUT2D eigenvalue weighted by molar-refractivity contribution is 0.330. The molecule has 1 heterocycles. The molecule has 2 rings (SSSR count). The van der Waals surface area contributed by atoms with Crippen LogP contribution in [0.25, 0.3) is 0 Å². The minimum atomic E-state index is 0.286. The van der Waals surface area contributed by atoms with E-state index < -0.39 is 0 Å². The molecule has 6 heteroatoms. The number of hydrogen-bond donors (Lipinski definition) is 3. The zero-order chi connectivity index (χ0) is 12.4. The minimum Gasteiger partial charge on any atom is -0.393 e. The predicted octanol–water partition coefficient (Wildman–Crippen LogP) is 0.900. The lowest BCUT2D eigenvalue weighted by atomic mass is 9.87. The average Bonchev–Trinajstić information content (AvgIpc) is 2.32. The van der Waals surface area contributed by atoms with Crippen LogP contribution in [0.3, 0.4) is 0 Å². The molecule has 0 amide bonds. The summed E-state index contributed by atoms with van der Waals surface area (Å²) >= 11 is 0. The summed E-state index contributed by atoms with van der Waals surface area (Å²) in [5, 5.41) is 1.66. The van der Waals surface area contributed by atoms with Gasteiger partial charge in [-0.2, -0.15) is 0 Å². The van der Waals surface area contributed by atoms with Gasteiger partial charge in [0.25, 0.3) is 0 Å². The summed E-state index contributed by atoms with van der Waals surface area (Å²) in [7, 11) is 0. The van der Waals surface area contributed by atoms with Crippen LogP contribution in [-0.4, -0.2) is 16.0 Å². The Labute approximate surface area is 101 Å². The van der Waals surface area contributed by atoms with Crippen LogP contribution < -0.4 is 22.3 Å². The Morgan fingerprint density at radius 2 is 2.06 bits per heavy atom. The van der Waals surface area contributed by atoms with Crippen molar-refractivity contribution in [2.24, 2.45) is 11.8 Å². The van der Waals surface area contributed by atoms with Gasteiger partial charge in [-0.1, -0.05) is 19.8 Å². The monoisotopic (exact) mass is 236 g/mol. The first kappa shape index (κ1) is 11.9. The molecule has 17 heavy (non-hydrogen) atoms. The van der Waals surface area contributed by atoms with Crippen LogP contribution in [0.1, 0.15) is 32.6 Å². The molecule has 0 radical (unpaired) electrons. The van der Waals surface area contributed by atoms with Gasteiger partial charge in [0.15, 0.2) is 11.6 Å². The van der Waals surface area contributed by atoms with Crippen LogP contribution in [0.2, 0.25) is 0 Å². The van der Waals surface area contributed by atoms with Crippen LogP contribution in [0, 0.1) is 5.92 Å². The number of nitrogens with zero attached hydrogens (tertiary/aromatic N) is 3. The van der Waals surface area contributed by atoms with E-state index in [9.17, 15) is 0 Å². The molecular weight excluding hydrogens is 216 g/mol. The first-order chi connectivity index (χ1) is 8.09. The van der Waals surface area contributed by atoms with Gasteiger partial charge in [-0.3, -0.25) is 5.01 Å². The Hall–Kier alpha value is -1.56. The number of hydrazine groups is 1. The minimum absolute atomic E-state index is 0.286. The van der Waals surface area contributed by atoms with Crippen molar-refractivity contribution < 1.29 is 0 Å². The van der Waals surface area contributed by atoms with E-state index >= 15 is 0 Å². The maximum Gasteiger partial charge on any atom is 0.171 e. The smallest absolute Gasteiger partial charge is 0.171 e. The van der Waals surface area contributed by atoms with Crippen molar-refractivity contribution in [1.29, 1.82) is 0 Å². The van der Waals surface area contributed by atoms with Gasteiger partial charge >= 0.3 is 0 Å². The predicted molar refractivity (Wildman–Crippen MR) is 68.9 cm³/mol. The summed E-state index contributed by atoms with van der Waals surface area (Å²) in [6, 6.07) is 0.287. The Kier molecular flexibility index (Phi) is 3.33. The molecule has 0 bridgehead atoms. The highest BCUT2D eigenvalue weighted by Crippen LogP contribution is 2.30. The molecule has 0 aromatic carbocycles. The van der Waals surface area contributed by atoms with E-state index in [2.05, 4.69) is 16.9 Å². The topological polar surface area (TPSA) is 107 Å². The van der Waals surface area contributed by atoms with E-state index in [1.165, 1.54) is 19.2 Å². The molecule has 1 saturated carbocycles. The maximum absolute atomic E-state index is 6.11. The van der Waals surface area contributed by atoms with Gasteiger partial charge in [0.05, 0.1) is 0 Å². The number of nitrogen functional groups attached to an aromatic ring is 2. The van der Waals surface area contributed by atoms with Crippen molar-refractivity contribution in [1.82, 2.24) is 9.97 Å². The SMILES string of the molecule is CC1CCCC(N(N)c2ncnc(N)c2N)C1. The van der Waals surface area contributed by atoms with Gasteiger partial charge < -0.3 is 11.5 Å². The molecule has 6 nitrogen and oxygen atoms in total. The highest BCUT2D eigenvalue weighted by molar-refractivity contribution is 5.72. The third-order valence-electron chi connectivity index (χ3n) is 3.44. The van der Waals surface area contributed by atoms with E-state index in [0.29, 0.717) is 17.4 Å². The number of anilines is 3. The fourth-order valence-electron chi connectivity index (χ4n) is 2.43. The molecule has 1 aliphatic carbocycles. The Balaban J connectivity index is 2.18. The fraction of sp³-hybridized carbons (Fsp3) is 0.636. The van der Waals surface area contributed by atoms with Gasteiger partial charge in [0.2, 0.25) is 0 Å². The molecule has 1 aliphatic rings. The zero-order valence-corrected chi connectivity index (χ0v) is 10.1. The second kappa shape index (κ2) is 4.75. The van der Waals surface area contributed by atoms with Crippen molar-refractivity contribution in [3.05, 3.63) is 6.33 Å². The van der Waals surface area contributed by atoms with Crippen molar-refractivity contribution in [2.75, 3.05) is 16.5 Å². The molecule has 6 N–H and O–H groups in total. The summed E-state index contributed by atoms with van der Waals surface area (Å²) < 4.78 is 0. The molecule has 2 atom stereocenters. The molecule has 0 saturated heterocycles. The Morgan fingerprint density at radius 3 is 2.76 bits per heavy atom. The van der Waals surface area contributed by atoms with Gasteiger partial charge in [-0.05, 0) is 18.8 Å². The second-order valence-electron chi connectivity index (χ2n) is 4.83. The van der Waals surface area contributed by atoms with Gasteiger partial charge in [-0.25, -0.2) is 15.8 Å². The molecule has 2 unspecified atom stereocenters. The Morgan fingerprint density at radius 1 is 1.29 bits per heavy atom. The van der Waals surface area contributed by atoms with Crippen molar-refractivity contribution >= 4 is 17.3 Å². The standard InChI is InChI=1S/C11H20N6/c1-7-3-2-4-8(5-7)17(14)11-9(12)10(13)15-6-16-11/h6-8H,2-5,12,14H2,1H3,(H2,13,15,16). The van der Waals surface area contributed by atoms with E-state index in [1.807, 2.05) is 0 Å². The van der Waals surface area contributed by atoms with Crippen molar-refractivity contribution in [3.8, 4) is 0 Å². The van der Waals surface area contributed by atoms with E-state index in [0.717, 1.165) is 12.8 Å². The highest BCUT2D eigenvalue weighted by Gasteiger charge is 2.25. The maximum atomic E-state index is 6.11. The lowest BCUT2D eigenvalue weighted by Crippen LogP contribution is -2.44. The van der Waals surface area contributed by atoms with E-state index in [1.54, 1.807) is 5.01 Å². The zero-order valence-electron chi connectivity index (χ0n) is 10.1. The van der Waals surface area contributed by atoms with Crippen molar-refractivity contribution in [2.45, 2.75) is 38.6 Å². The van der Waals surface area contributed by atoms with Crippen LogP contribution in [-0.2, 0) is 0 Å². The molecule has 1 fully saturated rings. The largest absolute Gasteiger partial charge is 0.393 e. The normalized spacial score (nSPS) is 24.6. The van der Waals surface area contributed by atoms with Crippen molar-refractivity contribution in [3.63, 3.8) is 0 Å². The van der Waals surface area contributed by atoms with E-state index in [4.69, 9.17) is 17.3 Å². The summed E-state index contributed by atoms with van der Waals surface area (Å²) in [6.07, 6.45) is 6.00. The number of hydrogen-bond acceptors (Lipinski definition) is 6. The first-order valence-corrected chi connectivity index (χ1v) is 5.99. The number of rotatable bonds is 2. The highest BCUT2D eigenvalue weighted by atomic mass is 15.5. The summed E-state index contributed by atoms with van der Waals surface area (Å²) in [6.45, 7) is 2.25. The molecule has 94 valence electrons. The van der Waals surface area contributed by atoms with Crippen LogP contribution in [0.4, 0.5) is 17.3 Å². The fourth-order valence-corrected chi connectivity index (χ4v) is 2.43. The average molecular weight is 236 g/mol. The molecular formula is C11H20N6. The summed E-state index contributed by atoms with van der Waals surface area (Å²) in [5.41, 5.74) is 11.9. The van der Waals surface area contributed by atoms with Crippen LogP contribution in [0.15, 0.2) is 6.33 Å². The first-order valence-electron chi connectivity index (χ1n) is 5.99. The quantitative estimate of drug-likeness (QED) is 0.520. The van der Waals surface area contributed by atoms with Crippen LogP contribution in [0.5, 0.6) is 0 Å². The van der Waals surface area contributed by atoms with Crippen LogP contribution >= 0.6 is 0 Å². The Bertz CT molecular complexity index is 394. The van der Waals surface area contributed by atoms with Gasteiger partial charge in [0.1, 0.15) is 12.0 Å². The number of nitrogens with two attached hydrogens (primary N) is 3. The molecule has 1 aromatic rings. The van der Waals surface area contributed by atoms with Gasteiger partial charge in [0, 0.05) is 6.04 Å². The molecule has 0 spiro atoms. The lowest BCUT2D eigenvalue weighted by Gasteiger charge is -2.34. The third kappa shape index (κ3) is 2.41. The molecule has 1 aromatic heterocycles. The third-order valence-corrected chi connectivity index (χ3v) is 3.44. The summed E-state index contributed by atoms with van der Waals surface area (Å²) in [4.78, 5) is 7.97.